The van der Waals surface area contributed by atoms with Crippen molar-refractivity contribution in [1.29, 1.82) is 0 Å². The summed E-state index contributed by atoms with van der Waals surface area (Å²) in [5.74, 6) is 0.0307. The SMILES string of the molecule is CCC(C)(C)OC(C)n1cnc2c(N)nc(F)nc21. The molecule has 0 amide bonds. The lowest BCUT2D eigenvalue weighted by molar-refractivity contribution is -0.0974. The van der Waals surface area contributed by atoms with E-state index in [4.69, 9.17) is 10.5 Å². The topological polar surface area (TPSA) is 78.9 Å². The van der Waals surface area contributed by atoms with Crippen LogP contribution in [0.1, 0.15) is 40.3 Å². The number of halogens is 1. The number of anilines is 1. The Morgan fingerprint density at radius 2 is 2.16 bits per heavy atom. The second-order valence-electron chi connectivity index (χ2n) is 5.03. The third kappa shape index (κ3) is 2.65. The number of nitrogen functional groups attached to an aromatic ring is 1. The molecule has 2 rings (SSSR count). The second kappa shape index (κ2) is 4.73. The van der Waals surface area contributed by atoms with Crippen LogP contribution in [0.4, 0.5) is 10.2 Å². The molecule has 0 aromatic carbocycles. The van der Waals surface area contributed by atoms with Crippen molar-refractivity contribution in [2.75, 3.05) is 5.73 Å². The van der Waals surface area contributed by atoms with Crippen LogP contribution >= 0.6 is 0 Å². The van der Waals surface area contributed by atoms with Gasteiger partial charge in [-0.2, -0.15) is 14.4 Å². The van der Waals surface area contributed by atoms with Crippen LogP contribution < -0.4 is 5.73 Å². The summed E-state index contributed by atoms with van der Waals surface area (Å²) >= 11 is 0. The van der Waals surface area contributed by atoms with Crippen molar-refractivity contribution in [3.8, 4) is 0 Å². The number of fused-ring (bicyclic) bond motifs is 1. The van der Waals surface area contributed by atoms with Crippen LogP contribution in [0, 0.1) is 6.08 Å². The first-order valence-electron chi connectivity index (χ1n) is 6.17. The Hall–Kier alpha value is -1.76. The van der Waals surface area contributed by atoms with Gasteiger partial charge in [0.2, 0.25) is 0 Å². The lowest BCUT2D eigenvalue weighted by Crippen LogP contribution is -2.27. The minimum absolute atomic E-state index is 0.0307. The minimum Gasteiger partial charge on any atom is -0.382 e. The Morgan fingerprint density at radius 3 is 2.79 bits per heavy atom. The molecule has 1 unspecified atom stereocenters. The zero-order chi connectivity index (χ0) is 14.2. The number of nitrogens with two attached hydrogens (primary N) is 1. The zero-order valence-corrected chi connectivity index (χ0v) is 11.5. The molecule has 104 valence electrons. The summed E-state index contributed by atoms with van der Waals surface area (Å²) in [6.07, 6.45) is 1.20. The van der Waals surface area contributed by atoms with Crippen molar-refractivity contribution in [3.63, 3.8) is 0 Å². The van der Waals surface area contributed by atoms with Crippen molar-refractivity contribution in [1.82, 2.24) is 19.5 Å². The van der Waals surface area contributed by atoms with Crippen LogP contribution in [0.2, 0.25) is 0 Å². The molecule has 0 fully saturated rings. The third-order valence-electron chi connectivity index (χ3n) is 3.15. The van der Waals surface area contributed by atoms with E-state index in [1.54, 1.807) is 4.57 Å². The Balaban J connectivity index is 2.40. The minimum atomic E-state index is -0.867. The van der Waals surface area contributed by atoms with E-state index in [9.17, 15) is 4.39 Å². The van der Waals surface area contributed by atoms with E-state index >= 15 is 0 Å². The maximum atomic E-state index is 13.2. The van der Waals surface area contributed by atoms with Crippen LogP contribution in [-0.2, 0) is 4.74 Å². The highest BCUT2D eigenvalue weighted by atomic mass is 19.1. The average Bonchev–Trinajstić information content (AvgIpc) is 2.72. The van der Waals surface area contributed by atoms with Crippen LogP contribution in [0.5, 0.6) is 0 Å². The van der Waals surface area contributed by atoms with Gasteiger partial charge in [-0.25, -0.2) is 4.98 Å². The van der Waals surface area contributed by atoms with Crippen molar-refractivity contribution in [3.05, 3.63) is 12.4 Å². The highest BCUT2D eigenvalue weighted by Crippen LogP contribution is 2.25. The molecule has 0 aliphatic rings. The predicted octanol–water partition coefficient (Wildman–Crippen LogP) is 2.27. The quantitative estimate of drug-likeness (QED) is 0.860. The summed E-state index contributed by atoms with van der Waals surface area (Å²) in [7, 11) is 0. The Kier molecular flexibility index (Phi) is 3.40. The molecule has 0 saturated heterocycles. The molecular formula is C12H18FN5O. The van der Waals surface area contributed by atoms with Crippen molar-refractivity contribution >= 4 is 17.0 Å². The summed E-state index contributed by atoms with van der Waals surface area (Å²) in [5.41, 5.74) is 6.05. The number of nitrogens with zero attached hydrogens (tertiary/aromatic N) is 4. The molecule has 0 aliphatic heterocycles. The van der Waals surface area contributed by atoms with E-state index in [1.807, 2.05) is 27.7 Å². The molecule has 2 heterocycles. The standard InChI is InChI=1S/C12H18FN5O/c1-5-12(3,4)19-7(2)18-6-15-8-9(14)16-11(13)17-10(8)18/h6-7H,5H2,1-4H3,(H2,14,16,17). The third-order valence-corrected chi connectivity index (χ3v) is 3.15. The van der Waals surface area contributed by atoms with Gasteiger partial charge in [0, 0.05) is 0 Å². The van der Waals surface area contributed by atoms with Crippen LogP contribution in [0.15, 0.2) is 6.33 Å². The van der Waals surface area contributed by atoms with Gasteiger partial charge in [-0.3, -0.25) is 4.57 Å². The van der Waals surface area contributed by atoms with E-state index in [2.05, 4.69) is 15.0 Å². The maximum Gasteiger partial charge on any atom is 0.312 e. The average molecular weight is 267 g/mol. The van der Waals surface area contributed by atoms with Gasteiger partial charge in [0.1, 0.15) is 6.23 Å². The molecule has 0 spiro atoms. The summed E-state index contributed by atoms with van der Waals surface area (Å²) in [4.78, 5) is 11.3. The summed E-state index contributed by atoms with van der Waals surface area (Å²) in [6, 6.07) is 0. The fraction of sp³-hybridized carbons (Fsp3) is 0.583. The van der Waals surface area contributed by atoms with Crippen LogP contribution in [-0.4, -0.2) is 25.1 Å². The summed E-state index contributed by atoms with van der Waals surface area (Å²) in [5, 5.41) is 0. The van der Waals surface area contributed by atoms with Crippen LogP contribution in [0.25, 0.3) is 11.2 Å². The second-order valence-corrected chi connectivity index (χ2v) is 5.03. The fourth-order valence-corrected chi connectivity index (χ4v) is 1.78. The molecule has 0 radical (unpaired) electrons. The molecule has 7 heteroatoms. The maximum absolute atomic E-state index is 13.2. The number of rotatable bonds is 4. The molecule has 2 N–H and O–H groups in total. The van der Waals surface area contributed by atoms with Crippen molar-refractivity contribution in [2.45, 2.75) is 45.9 Å². The lowest BCUT2D eigenvalue weighted by atomic mass is 10.1. The summed E-state index contributed by atoms with van der Waals surface area (Å²) < 4.78 is 20.8. The largest absolute Gasteiger partial charge is 0.382 e. The zero-order valence-electron chi connectivity index (χ0n) is 11.5. The van der Waals surface area contributed by atoms with E-state index < -0.39 is 6.08 Å². The van der Waals surface area contributed by atoms with Gasteiger partial charge < -0.3 is 10.5 Å². The Labute approximate surface area is 110 Å². The van der Waals surface area contributed by atoms with Gasteiger partial charge in [-0.1, -0.05) is 6.92 Å². The number of hydrogen-bond acceptors (Lipinski definition) is 5. The van der Waals surface area contributed by atoms with Gasteiger partial charge in [0.25, 0.3) is 0 Å². The molecule has 1 atom stereocenters. The highest BCUT2D eigenvalue weighted by molar-refractivity contribution is 5.81. The number of ether oxygens (including phenoxy) is 1. The molecule has 6 nitrogen and oxygen atoms in total. The first-order chi connectivity index (χ1) is 8.84. The number of imidazole rings is 1. The molecule has 0 bridgehead atoms. The molecule has 0 aliphatic carbocycles. The van der Waals surface area contributed by atoms with Gasteiger partial charge in [-0.15, -0.1) is 0 Å². The van der Waals surface area contributed by atoms with Gasteiger partial charge in [0.15, 0.2) is 17.0 Å². The smallest absolute Gasteiger partial charge is 0.312 e. The number of aromatic nitrogens is 4. The summed E-state index contributed by atoms with van der Waals surface area (Å²) in [6.45, 7) is 7.88. The van der Waals surface area contributed by atoms with Gasteiger partial charge in [-0.05, 0) is 27.2 Å². The van der Waals surface area contributed by atoms with E-state index in [0.717, 1.165) is 6.42 Å². The Morgan fingerprint density at radius 1 is 1.47 bits per heavy atom. The molecule has 2 aromatic rings. The predicted molar refractivity (Wildman–Crippen MR) is 69.9 cm³/mol. The van der Waals surface area contributed by atoms with E-state index in [-0.39, 0.29) is 17.6 Å². The first kappa shape index (κ1) is 13.7. The van der Waals surface area contributed by atoms with Crippen molar-refractivity contribution < 1.29 is 9.13 Å². The molecule has 0 saturated carbocycles. The monoisotopic (exact) mass is 267 g/mol. The normalized spacial score (nSPS) is 13.9. The molecular weight excluding hydrogens is 249 g/mol. The van der Waals surface area contributed by atoms with Crippen LogP contribution in [0.3, 0.4) is 0 Å². The van der Waals surface area contributed by atoms with Gasteiger partial charge >= 0.3 is 6.08 Å². The fourth-order valence-electron chi connectivity index (χ4n) is 1.78. The highest BCUT2D eigenvalue weighted by Gasteiger charge is 2.22. The number of hydrogen-bond donors (Lipinski definition) is 1. The molecule has 2 aromatic heterocycles. The molecule has 19 heavy (non-hydrogen) atoms. The van der Waals surface area contributed by atoms with E-state index in [0.29, 0.717) is 11.2 Å². The lowest BCUT2D eigenvalue weighted by Gasteiger charge is -2.28. The van der Waals surface area contributed by atoms with E-state index in [1.165, 1.54) is 6.33 Å². The van der Waals surface area contributed by atoms with Crippen molar-refractivity contribution in [2.24, 2.45) is 0 Å². The Bertz CT molecular complexity index is 595. The first-order valence-corrected chi connectivity index (χ1v) is 6.17. The van der Waals surface area contributed by atoms with Gasteiger partial charge in [0.05, 0.1) is 11.9 Å².